The van der Waals surface area contributed by atoms with Gasteiger partial charge in [0.2, 0.25) is 0 Å². The van der Waals surface area contributed by atoms with Gasteiger partial charge in [0.1, 0.15) is 6.54 Å². The van der Waals surface area contributed by atoms with E-state index in [0.717, 1.165) is 32.2 Å². The molecule has 0 fully saturated rings. The van der Waals surface area contributed by atoms with E-state index >= 15 is 0 Å². The molecule has 0 radical (unpaired) electrons. The average Bonchev–Trinajstić information content (AvgIpc) is 3.18. The lowest BCUT2D eigenvalue weighted by Gasteiger charge is -2.30. The zero-order valence-electron chi connectivity index (χ0n) is 15.9. The first-order valence-corrected chi connectivity index (χ1v) is 10.3. The fourth-order valence-electron chi connectivity index (χ4n) is 3.50. The van der Waals surface area contributed by atoms with Crippen LogP contribution >= 0.6 is 11.8 Å². The molecule has 30 heavy (non-hydrogen) atoms. The Kier molecular flexibility index (Phi) is 4.72. The highest BCUT2D eigenvalue weighted by Crippen LogP contribution is 2.47. The molecule has 1 aliphatic heterocycles. The fourth-order valence-corrected chi connectivity index (χ4v) is 4.56. The summed E-state index contributed by atoms with van der Waals surface area (Å²) in [6.07, 6.45) is 1.60. The van der Waals surface area contributed by atoms with Crippen molar-refractivity contribution in [2.75, 3.05) is 11.5 Å². The van der Waals surface area contributed by atoms with Crippen LogP contribution in [-0.4, -0.2) is 28.0 Å². The summed E-state index contributed by atoms with van der Waals surface area (Å²) in [4.78, 5) is 33.3. The molecule has 148 valence electrons. The number of carbonyl (C=O) groups is 2. The molecular weight excluding hydrogens is 398 g/mol. The number of nitrogens with zero attached hydrogens (tertiary/aromatic N) is 3. The molecule has 0 N–H and O–H groups in total. The maximum Gasteiger partial charge on any atom is 0.326 e. The van der Waals surface area contributed by atoms with Gasteiger partial charge in [0.05, 0.1) is 28.7 Å². The van der Waals surface area contributed by atoms with Crippen LogP contribution in [0.1, 0.15) is 0 Å². The van der Waals surface area contributed by atoms with Gasteiger partial charge in [-0.3, -0.25) is 14.5 Å². The SMILES string of the molecule is O=C(Cn1cnc2ccccc21)OCC(=O)N1c2ccccc2Sc2ccccc21. The molecule has 0 aliphatic carbocycles. The average molecular weight is 415 g/mol. The summed E-state index contributed by atoms with van der Waals surface area (Å²) in [6.45, 7) is -0.338. The molecule has 1 amide bonds. The summed E-state index contributed by atoms with van der Waals surface area (Å²) < 4.78 is 7.04. The Hall–Kier alpha value is -3.58. The Bertz CT molecular complexity index is 1220. The molecule has 0 saturated carbocycles. The van der Waals surface area contributed by atoms with Gasteiger partial charge in [-0.1, -0.05) is 48.2 Å². The summed E-state index contributed by atoms with van der Waals surface area (Å²) in [5.41, 5.74) is 3.24. The molecule has 6 nitrogen and oxygen atoms in total. The molecule has 0 atom stereocenters. The van der Waals surface area contributed by atoms with Crippen LogP contribution in [0.2, 0.25) is 0 Å². The zero-order valence-corrected chi connectivity index (χ0v) is 16.7. The number of ether oxygens (including phenoxy) is 1. The molecule has 1 aliphatic rings. The van der Waals surface area contributed by atoms with Crippen LogP contribution in [0.4, 0.5) is 11.4 Å². The summed E-state index contributed by atoms with van der Waals surface area (Å²) in [6, 6.07) is 23.0. The predicted molar refractivity (Wildman–Crippen MR) is 115 cm³/mol. The van der Waals surface area contributed by atoms with Crippen molar-refractivity contribution in [2.45, 2.75) is 16.3 Å². The normalized spacial score (nSPS) is 12.3. The van der Waals surface area contributed by atoms with E-state index in [0.29, 0.717) is 0 Å². The Morgan fingerprint density at radius 2 is 1.50 bits per heavy atom. The van der Waals surface area contributed by atoms with Crippen LogP contribution in [0, 0.1) is 0 Å². The van der Waals surface area contributed by atoms with Crippen molar-refractivity contribution in [3.05, 3.63) is 79.1 Å². The number of aromatic nitrogens is 2. The first-order valence-electron chi connectivity index (χ1n) is 9.45. The molecule has 0 saturated heterocycles. The maximum atomic E-state index is 13.1. The van der Waals surface area contributed by atoms with Crippen molar-refractivity contribution in [2.24, 2.45) is 0 Å². The summed E-state index contributed by atoms with van der Waals surface area (Å²) in [5.74, 6) is -0.779. The minimum absolute atomic E-state index is 0.00316. The number of amides is 1. The first-order chi connectivity index (χ1) is 14.7. The minimum atomic E-state index is -0.487. The third-order valence-corrected chi connectivity index (χ3v) is 6.00. The van der Waals surface area contributed by atoms with Crippen molar-refractivity contribution in [3.8, 4) is 0 Å². The van der Waals surface area contributed by atoms with Crippen LogP contribution < -0.4 is 4.90 Å². The van der Waals surface area contributed by atoms with Gasteiger partial charge in [-0.25, -0.2) is 4.98 Å². The lowest BCUT2D eigenvalue weighted by atomic mass is 10.2. The molecule has 0 unspecified atom stereocenters. The van der Waals surface area contributed by atoms with Crippen LogP contribution in [-0.2, 0) is 20.9 Å². The molecular formula is C23H17N3O3S. The van der Waals surface area contributed by atoms with Gasteiger partial charge in [0.15, 0.2) is 6.61 Å². The molecule has 7 heteroatoms. The number of rotatable bonds is 4. The van der Waals surface area contributed by atoms with E-state index in [-0.39, 0.29) is 19.1 Å². The number of para-hydroxylation sites is 4. The number of carbonyl (C=O) groups excluding carboxylic acids is 2. The molecule has 5 rings (SSSR count). The van der Waals surface area contributed by atoms with Gasteiger partial charge in [-0.2, -0.15) is 0 Å². The monoisotopic (exact) mass is 415 g/mol. The van der Waals surface area contributed by atoms with Gasteiger partial charge in [-0.15, -0.1) is 0 Å². The third kappa shape index (κ3) is 3.33. The van der Waals surface area contributed by atoms with Gasteiger partial charge in [-0.05, 0) is 36.4 Å². The molecule has 3 aromatic carbocycles. The Morgan fingerprint density at radius 3 is 2.23 bits per heavy atom. The van der Waals surface area contributed by atoms with E-state index in [2.05, 4.69) is 4.98 Å². The van der Waals surface area contributed by atoms with Crippen LogP contribution in [0.15, 0.2) is 88.9 Å². The zero-order chi connectivity index (χ0) is 20.5. The number of benzene rings is 3. The van der Waals surface area contributed by atoms with E-state index in [1.165, 1.54) is 0 Å². The van der Waals surface area contributed by atoms with Gasteiger partial charge >= 0.3 is 5.97 Å². The number of esters is 1. The highest BCUT2D eigenvalue weighted by Gasteiger charge is 2.28. The van der Waals surface area contributed by atoms with Crippen molar-refractivity contribution in [1.82, 2.24) is 9.55 Å². The van der Waals surface area contributed by atoms with Crippen LogP contribution in [0.25, 0.3) is 11.0 Å². The lowest BCUT2D eigenvalue weighted by molar-refractivity contribution is -0.148. The molecule has 4 aromatic rings. The topological polar surface area (TPSA) is 64.4 Å². The van der Waals surface area contributed by atoms with E-state index in [1.54, 1.807) is 27.6 Å². The van der Waals surface area contributed by atoms with Crippen LogP contribution in [0.3, 0.4) is 0 Å². The smallest absolute Gasteiger partial charge is 0.326 e. The Morgan fingerprint density at radius 1 is 0.867 bits per heavy atom. The molecule has 0 spiro atoms. The van der Waals surface area contributed by atoms with Crippen molar-refractivity contribution >= 4 is 46.0 Å². The number of fused-ring (bicyclic) bond motifs is 3. The van der Waals surface area contributed by atoms with E-state index in [1.807, 2.05) is 72.8 Å². The number of hydrogen-bond acceptors (Lipinski definition) is 5. The van der Waals surface area contributed by atoms with Gasteiger partial charge < -0.3 is 9.30 Å². The van der Waals surface area contributed by atoms with Gasteiger partial charge in [0.25, 0.3) is 5.91 Å². The largest absolute Gasteiger partial charge is 0.454 e. The van der Waals surface area contributed by atoms with Crippen molar-refractivity contribution in [3.63, 3.8) is 0 Å². The molecule has 2 heterocycles. The second-order valence-electron chi connectivity index (χ2n) is 6.79. The summed E-state index contributed by atoms with van der Waals surface area (Å²) in [5, 5.41) is 0. The van der Waals surface area contributed by atoms with Crippen molar-refractivity contribution < 1.29 is 14.3 Å². The van der Waals surface area contributed by atoms with E-state index < -0.39 is 5.97 Å². The third-order valence-electron chi connectivity index (χ3n) is 4.87. The number of anilines is 2. The predicted octanol–water partition coefficient (Wildman–Crippen LogP) is 4.41. The second-order valence-corrected chi connectivity index (χ2v) is 7.87. The summed E-state index contributed by atoms with van der Waals surface area (Å²) in [7, 11) is 0. The summed E-state index contributed by atoms with van der Waals surface area (Å²) >= 11 is 1.62. The first kappa shape index (κ1) is 18.4. The lowest BCUT2D eigenvalue weighted by Crippen LogP contribution is -2.33. The quantitative estimate of drug-likeness (QED) is 0.462. The number of hydrogen-bond donors (Lipinski definition) is 0. The van der Waals surface area contributed by atoms with E-state index in [9.17, 15) is 9.59 Å². The minimum Gasteiger partial charge on any atom is -0.454 e. The highest BCUT2D eigenvalue weighted by atomic mass is 32.2. The highest BCUT2D eigenvalue weighted by molar-refractivity contribution is 7.99. The van der Waals surface area contributed by atoms with E-state index in [4.69, 9.17) is 4.74 Å². The second kappa shape index (κ2) is 7.68. The number of imidazole rings is 1. The maximum absolute atomic E-state index is 13.1. The standard InChI is InChI=1S/C23H17N3O3S/c27-22(14-29-23(28)13-25-15-24-16-7-1-2-8-17(16)25)26-18-9-3-5-11-20(18)30-21-12-6-4-10-19(21)26/h1-12,15H,13-14H2. The van der Waals surface area contributed by atoms with Crippen molar-refractivity contribution in [1.29, 1.82) is 0 Å². The van der Waals surface area contributed by atoms with Crippen LogP contribution in [0.5, 0.6) is 0 Å². The molecule has 1 aromatic heterocycles. The van der Waals surface area contributed by atoms with Gasteiger partial charge in [0, 0.05) is 9.79 Å². The fraction of sp³-hybridized carbons (Fsp3) is 0.0870. The molecule has 0 bridgehead atoms. The Balaban J connectivity index is 1.33. The Labute approximate surface area is 177 Å².